The van der Waals surface area contributed by atoms with Crippen LogP contribution in [0.1, 0.15) is 6.92 Å². The number of ether oxygens (including phenoxy) is 2. The fraction of sp³-hybridized carbons (Fsp3) is 0.300. The Bertz CT molecular complexity index is 887. The van der Waals surface area contributed by atoms with Crippen molar-refractivity contribution < 1.29 is 19.0 Å². The number of para-hydroxylation sites is 1. The van der Waals surface area contributed by atoms with Gasteiger partial charge in [0.2, 0.25) is 0 Å². The molecule has 148 valence electrons. The zero-order valence-corrected chi connectivity index (χ0v) is 16.4. The van der Waals surface area contributed by atoms with Crippen LogP contribution in [0.2, 0.25) is 0 Å². The van der Waals surface area contributed by atoms with Gasteiger partial charge in [-0.25, -0.2) is 4.39 Å². The molecule has 0 radical (unpaired) electrons. The maximum absolute atomic E-state index is 14.5. The zero-order valence-electron chi connectivity index (χ0n) is 15.5. The summed E-state index contributed by atoms with van der Waals surface area (Å²) >= 11 is 1.42. The third-order valence-corrected chi connectivity index (χ3v) is 4.74. The van der Waals surface area contributed by atoms with Crippen molar-refractivity contribution in [3.05, 3.63) is 54.3 Å². The van der Waals surface area contributed by atoms with E-state index in [1.165, 1.54) is 17.8 Å². The fourth-order valence-corrected chi connectivity index (χ4v) is 3.42. The van der Waals surface area contributed by atoms with Gasteiger partial charge in [0.1, 0.15) is 11.6 Å². The second-order valence-electron chi connectivity index (χ2n) is 5.73. The Morgan fingerprint density at radius 2 is 1.86 bits per heavy atom. The van der Waals surface area contributed by atoms with Gasteiger partial charge in [0.05, 0.1) is 32.1 Å². The molecule has 2 aromatic carbocycles. The lowest BCUT2D eigenvalue weighted by Crippen LogP contribution is -2.05. The first-order chi connectivity index (χ1) is 13.7. The van der Waals surface area contributed by atoms with Gasteiger partial charge in [-0.3, -0.25) is 4.57 Å². The summed E-state index contributed by atoms with van der Waals surface area (Å²) in [5, 5.41) is 17.9. The largest absolute Gasteiger partial charge is 0.494 e. The minimum atomic E-state index is -0.354. The smallest absolute Gasteiger partial charge is 0.196 e. The summed E-state index contributed by atoms with van der Waals surface area (Å²) in [7, 11) is 0. The average Bonchev–Trinajstić information content (AvgIpc) is 3.13. The Hall–Kier alpha value is -2.42. The summed E-state index contributed by atoms with van der Waals surface area (Å²) in [6.45, 7) is 3.24. The van der Waals surface area contributed by atoms with Crippen molar-refractivity contribution in [2.75, 3.05) is 32.2 Å². The summed E-state index contributed by atoms with van der Waals surface area (Å²) in [5.41, 5.74) is 1.19. The Morgan fingerprint density at radius 1 is 1.07 bits per heavy atom. The number of aliphatic hydroxyl groups excluding tert-OH is 1. The van der Waals surface area contributed by atoms with Crippen molar-refractivity contribution in [1.29, 1.82) is 0 Å². The van der Waals surface area contributed by atoms with E-state index in [1.54, 1.807) is 22.8 Å². The Labute approximate surface area is 167 Å². The molecular weight excluding hydrogens is 381 g/mol. The van der Waals surface area contributed by atoms with Gasteiger partial charge in [-0.15, -0.1) is 10.2 Å². The molecule has 0 saturated carbocycles. The molecule has 0 aliphatic heterocycles. The van der Waals surface area contributed by atoms with Crippen LogP contribution in [-0.2, 0) is 4.74 Å². The zero-order chi connectivity index (χ0) is 19.8. The number of aliphatic hydroxyl groups is 1. The summed E-state index contributed by atoms with van der Waals surface area (Å²) in [5.74, 6) is 1.56. The van der Waals surface area contributed by atoms with E-state index in [-0.39, 0.29) is 19.0 Å². The maximum Gasteiger partial charge on any atom is 0.196 e. The lowest BCUT2D eigenvalue weighted by Gasteiger charge is -2.12. The highest BCUT2D eigenvalue weighted by Gasteiger charge is 2.18. The Balaban J connectivity index is 1.92. The standard InChI is InChI=1S/C20H22FN3O3S/c1-2-27-16-9-7-15(8-10-16)19-22-23-20(28-14-13-26-12-11-25)24(19)18-6-4-3-5-17(18)21/h3-10,25H,2,11-14H2,1H3. The Morgan fingerprint density at radius 3 is 2.57 bits per heavy atom. The quantitative estimate of drug-likeness (QED) is 0.412. The summed E-state index contributed by atoms with van der Waals surface area (Å²) in [6.07, 6.45) is 0. The number of halogens is 1. The van der Waals surface area contributed by atoms with Crippen molar-refractivity contribution in [3.8, 4) is 22.8 Å². The van der Waals surface area contributed by atoms with E-state index in [9.17, 15) is 4.39 Å². The maximum atomic E-state index is 14.5. The third-order valence-electron chi connectivity index (χ3n) is 3.84. The van der Waals surface area contributed by atoms with Gasteiger partial charge in [-0.05, 0) is 43.3 Å². The fourth-order valence-electron chi connectivity index (χ4n) is 2.63. The monoisotopic (exact) mass is 403 g/mol. The van der Waals surface area contributed by atoms with Crippen LogP contribution < -0.4 is 4.74 Å². The second kappa shape index (κ2) is 10.2. The van der Waals surface area contributed by atoms with Gasteiger partial charge in [0, 0.05) is 11.3 Å². The van der Waals surface area contributed by atoms with Crippen molar-refractivity contribution in [2.45, 2.75) is 12.1 Å². The van der Waals surface area contributed by atoms with E-state index in [4.69, 9.17) is 14.6 Å². The van der Waals surface area contributed by atoms with E-state index >= 15 is 0 Å². The van der Waals surface area contributed by atoms with Crippen LogP contribution >= 0.6 is 11.8 Å². The molecular formula is C20H22FN3O3S. The third kappa shape index (κ3) is 4.89. The van der Waals surface area contributed by atoms with Crippen molar-refractivity contribution >= 4 is 11.8 Å². The van der Waals surface area contributed by atoms with E-state index < -0.39 is 0 Å². The Kier molecular flexibility index (Phi) is 7.41. The van der Waals surface area contributed by atoms with Crippen LogP contribution in [0.5, 0.6) is 5.75 Å². The first-order valence-corrected chi connectivity index (χ1v) is 9.98. The number of benzene rings is 2. The number of aromatic nitrogens is 3. The van der Waals surface area contributed by atoms with E-state index in [2.05, 4.69) is 10.2 Å². The lowest BCUT2D eigenvalue weighted by atomic mass is 10.2. The van der Waals surface area contributed by atoms with Crippen molar-refractivity contribution in [3.63, 3.8) is 0 Å². The molecule has 0 spiro atoms. The average molecular weight is 403 g/mol. The molecule has 3 aromatic rings. The van der Waals surface area contributed by atoms with Crippen LogP contribution in [-0.4, -0.2) is 52.1 Å². The molecule has 6 nitrogen and oxygen atoms in total. The van der Waals surface area contributed by atoms with Gasteiger partial charge < -0.3 is 14.6 Å². The van der Waals surface area contributed by atoms with Gasteiger partial charge >= 0.3 is 0 Å². The highest BCUT2D eigenvalue weighted by Crippen LogP contribution is 2.30. The van der Waals surface area contributed by atoms with Crippen molar-refractivity contribution in [1.82, 2.24) is 14.8 Å². The minimum absolute atomic E-state index is 0.0159. The predicted molar refractivity (Wildman–Crippen MR) is 107 cm³/mol. The molecule has 0 saturated heterocycles. The van der Waals surface area contributed by atoms with Gasteiger partial charge in [-0.1, -0.05) is 23.9 Å². The molecule has 1 aromatic heterocycles. The molecule has 0 aliphatic rings. The van der Waals surface area contributed by atoms with Gasteiger partial charge in [-0.2, -0.15) is 0 Å². The topological polar surface area (TPSA) is 69.4 Å². The minimum Gasteiger partial charge on any atom is -0.494 e. The molecule has 0 atom stereocenters. The van der Waals surface area contributed by atoms with Crippen LogP contribution in [0, 0.1) is 5.82 Å². The second-order valence-corrected chi connectivity index (χ2v) is 6.80. The van der Waals surface area contributed by atoms with Crippen LogP contribution in [0.15, 0.2) is 53.7 Å². The summed E-state index contributed by atoms with van der Waals surface area (Å²) in [4.78, 5) is 0. The van der Waals surface area contributed by atoms with Gasteiger partial charge in [0.25, 0.3) is 0 Å². The molecule has 28 heavy (non-hydrogen) atoms. The molecule has 3 rings (SSSR count). The van der Waals surface area contributed by atoms with Crippen molar-refractivity contribution in [2.24, 2.45) is 0 Å². The molecule has 0 amide bonds. The van der Waals surface area contributed by atoms with Crippen LogP contribution in [0.4, 0.5) is 4.39 Å². The lowest BCUT2D eigenvalue weighted by molar-refractivity contribution is 0.103. The molecule has 0 unspecified atom stereocenters. The van der Waals surface area contributed by atoms with E-state index in [0.29, 0.717) is 35.6 Å². The highest BCUT2D eigenvalue weighted by molar-refractivity contribution is 7.99. The normalized spacial score (nSPS) is 11.0. The summed E-state index contributed by atoms with van der Waals surface area (Å²) in [6, 6.07) is 14.0. The predicted octanol–water partition coefficient (Wildman–Crippen LogP) is 3.57. The molecule has 1 heterocycles. The number of nitrogens with zero attached hydrogens (tertiary/aromatic N) is 3. The summed E-state index contributed by atoms with van der Waals surface area (Å²) < 4.78 is 27.0. The number of thioether (sulfide) groups is 1. The SMILES string of the molecule is CCOc1ccc(-c2nnc(SCCOCCO)n2-c2ccccc2F)cc1. The van der Waals surface area contributed by atoms with Gasteiger partial charge in [0.15, 0.2) is 11.0 Å². The molecule has 8 heteroatoms. The van der Waals surface area contributed by atoms with Crippen LogP contribution in [0.25, 0.3) is 17.1 Å². The molecule has 1 N–H and O–H groups in total. The molecule has 0 fully saturated rings. The van der Waals surface area contributed by atoms with E-state index in [1.807, 2.05) is 31.2 Å². The number of hydrogen-bond donors (Lipinski definition) is 1. The van der Waals surface area contributed by atoms with E-state index in [0.717, 1.165) is 11.3 Å². The van der Waals surface area contributed by atoms with Crippen LogP contribution in [0.3, 0.4) is 0 Å². The number of hydrogen-bond acceptors (Lipinski definition) is 6. The number of rotatable bonds is 10. The highest BCUT2D eigenvalue weighted by atomic mass is 32.2. The molecule has 0 bridgehead atoms. The molecule has 0 aliphatic carbocycles. The first kappa shape index (κ1) is 20.3. The first-order valence-electron chi connectivity index (χ1n) is 8.99.